The van der Waals surface area contributed by atoms with Crippen LogP contribution in [0.4, 0.5) is 0 Å². The van der Waals surface area contributed by atoms with Gasteiger partial charge in [-0.05, 0) is 58.9 Å². The molecule has 0 saturated heterocycles. The van der Waals surface area contributed by atoms with Crippen LogP contribution in [0.1, 0.15) is 24.3 Å². The van der Waals surface area contributed by atoms with E-state index in [1.807, 2.05) is 12.1 Å². The third kappa shape index (κ3) is 4.01. The highest BCUT2D eigenvalue weighted by Crippen LogP contribution is 2.32. The van der Waals surface area contributed by atoms with Crippen LogP contribution in [-0.2, 0) is 0 Å². The highest BCUT2D eigenvalue weighted by molar-refractivity contribution is 9.10. The molecule has 0 aliphatic rings. The van der Waals surface area contributed by atoms with Gasteiger partial charge in [0.15, 0.2) is 0 Å². The van der Waals surface area contributed by atoms with E-state index >= 15 is 0 Å². The number of ether oxygens (including phenoxy) is 1. The lowest BCUT2D eigenvalue weighted by Crippen LogP contribution is -2.30. The fourth-order valence-corrected chi connectivity index (χ4v) is 3.80. The van der Waals surface area contributed by atoms with Gasteiger partial charge < -0.3 is 10.5 Å². The molecule has 0 spiro atoms. The van der Waals surface area contributed by atoms with Crippen LogP contribution in [0.3, 0.4) is 0 Å². The van der Waals surface area contributed by atoms with Crippen molar-refractivity contribution in [2.24, 2.45) is 5.73 Å². The molecule has 0 bridgehead atoms. The van der Waals surface area contributed by atoms with Crippen molar-refractivity contribution in [1.29, 1.82) is 0 Å². The lowest BCUT2D eigenvalue weighted by Gasteiger charge is -2.23. The quantitative estimate of drug-likeness (QED) is 0.718. The van der Waals surface area contributed by atoms with Crippen LogP contribution in [-0.4, -0.2) is 12.3 Å². The molecule has 2 N–H and O–H groups in total. The molecule has 0 saturated carbocycles. The topological polar surface area (TPSA) is 35.2 Å². The van der Waals surface area contributed by atoms with Crippen molar-refractivity contribution in [3.05, 3.63) is 45.1 Å². The Labute approximate surface area is 136 Å². The minimum atomic E-state index is -0.101. The van der Waals surface area contributed by atoms with E-state index in [0.29, 0.717) is 0 Å². The second-order valence-electron chi connectivity index (χ2n) is 4.45. The number of nitrogens with two attached hydrogens (primary N) is 1. The standard InChI is InChI=1S/C15H18BrNOS2/c1-3-13(17)15(14-8-10(16)9-20-14)18-11-4-6-12(19-2)7-5-11/h4-9,13,15H,3,17H2,1-2H3. The number of thiophene rings is 1. The van der Waals surface area contributed by atoms with Crippen molar-refractivity contribution in [3.63, 3.8) is 0 Å². The first-order chi connectivity index (χ1) is 9.63. The molecule has 2 aromatic rings. The minimum absolute atomic E-state index is 0.0132. The molecule has 2 unspecified atom stereocenters. The van der Waals surface area contributed by atoms with Gasteiger partial charge in [0.05, 0.1) is 0 Å². The lowest BCUT2D eigenvalue weighted by atomic mass is 10.1. The highest BCUT2D eigenvalue weighted by atomic mass is 79.9. The third-order valence-corrected chi connectivity index (χ3v) is 5.55. The molecule has 2 rings (SSSR count). The Kier molecular flexibility index (Phi) is 5.96. The van der Waals surface area contributed by atoms with Crippen LogP contribution >= 0.6 is 39.0 Å². The van der Waals surface area contributed by atoms with Gasteiger partial charge in [-0.1, -0.05) is 6.92 Å². The Morgan fingerprint density at radius 1 is 1.35 bits per heavy atom. The summed E-state index contributed by atoms with van der Waals surface area (Å²) in [6.45, 7) is 2.08. The fraction of sp³-hybridized carbons (Fsp3) is 0.333. The van der Waals surface area contributed by atoms with Crippen molar-refractivity contribution in [2.75, 3.05) is 6.26 Å². The van der Waals surface area contributed by atoms with Crippen LogP contribution in [0, 0.1) is 0 Å². The van der Waals surface area contributed by atoms with E-state index < -0.39 is 0 Å². The van der Waals surface area contributed by atoms with Crippen LogP contribution in [0.15, 0.2) is 45.1 Å². The Morgan fingerprint density at radius 2 is 2.05 bits per heavy atom. The molecule has 0 aliphatic carbocycles. The molecule has 1 heterocycles. The average Bonchev–Trinajstić information content (AvgIpc) is 2.91. The second kappa shape index (κ2) is 7.50. The van der Waals surface area contributed by atoms with Gasteiger partial charge in [-0.2, -0.15) is 0 Å². The Hall–Kier alpha value is -0.490. The van der Waals surface area contributed by atoms with E-state index in [2.05, 4.69) is 52.7 Å². The molecule has 20 heavy (non-hydrogen) atoms. The zero-order valence-electron chi connectivity index (χ0n) is 11.5. The van der Waals surface area contributed by atoms with Gasteiger partial charge in [0.2, 0.25) is 0 Å². The Balaban J connectivity index is 2.18. The zero-order valence-corrected chi connectivity index (χ0v) is 14.7. The summed E-state index contributed by atoms with van der Waals surface area (Å²) >= 11 is 6.88. The van der Waals surface area contributed by atoms with Gasteiger partial charge in [-0.25, -0.2) is 0 Å². The number of hydrogen-bond acceptors (Lipinski definition) is 4. The van der Waals surface area contributed by atoms with E-state index in [4.69, 9.17) is 10.5 Å². The molecular weight excluding hydrogens is 354 g/mol. The molecule has 0 radical (unpaired) electrons. The second-order valence-corrected chi connectivity index (χ2v) is 7.19. The van der Waals surface area contributed by atoms with Crippen LogP contribution < -0.4 is 10.5 Å². The van der Waals surface area contributed by atoms with E-state index in [1.54, 1.807) is 23.1 Å². The van der Waals surface area contributed by atoms with Crippen LogP contribution in [0.5, 0.6) is 5.75 Å². The maximum Gasteiger partial charge on any atom is 0.148 e. The molecule has 5 heteroatoms. The SMILES string of the molecule is CCC(N)C(Oc1ccc(SC)cc1)c1cc(Br)cs1. The summed E-state index contributed by atoms with van der Waals surface area (Å²) in [6.07, 6.45) is 2.84. The first-order valence-corrected chi connectivity index (χ1v) is 9.34. The first kappa shape index (κ1) is 15.9. The van der Waals surface area contributed by atoms with Crippen molar-refractivity contribution < 1.29 is 4.74 Å². The number of thioether (sulfide) groups is 1. The maximum atomic E-state index is 6.22. The number of hydrogen-bond donors (Lipinski definition) is 1. The Morgan fingerprint density at radius 3 is 2.55 bits per heavy atom. The lowest BCUT2D eigenvalue weighted by molar-refractivity contribution is 0.174. The molecule has 1 aromatic heterocycles. The highest BCUT2D eigenvalue weighted by Gasteiger charge is 2.22. The zero-order chi connectivity index (χ0) is 14.5. The van der Waals surface area contributed by atoms with Crippen molar-refractivity contribution in [2.45, 2.75) is 30.4 Å². The molecule has 108 valence electrons. The first-order valence-electron chi connectivity index (χ1n) is 6.44. The smallest absolute Gasteiger partial charge is 0.148 e. The molecule has 0 aliphatic heterocycles. The van der Waals surface area contributed by atoms with E-state index in [-0.39, 0.29) is 12.1 Å². The van der Waals surface area contributed by atoms with Crippen molar-refractivity contribution in [1.82, 2.24) is 0 Å². The van der Waals surface area contributed by atoms with Crippen LogP contribution in [0.2, 0.25) is 0 Å². The number of halogens is 1. The molecular formula is C15H18BrNOS2. The predicted octanol–water partition coefficient (Wildman–Crippen LogP) is 5.09. The van der Waals surface area contributed by atoms with E-state index in [1.165, 1.54) is 4.90 Å². The van der Waals surface area contributed by atoms with Gasteiger partial charge in [-0.3, -0.25) is 0 Å². The minimum Gasteiger partial charge on any atom is -0.483 e. The summed E-state index contributed by atoms with van der Waals surface area (Å²) in [5, 5.41) is 2.06. The van der Waals surface area contributed by atoms with Gasteiger partial charge in [-0.15, -0.1) is 23.1 Å². The van der Waals surface area contributed by atoms with Crippen molar-refractivity contribution >= 4 is 39.0 Å². The van der Waals surface area contributed by atoms with Gasteiger partial charge in [0, 0.05) is 25.7 Å². The third-order valence-electron chi connectivity index (χ3n) is 3.05. The molecule has 2 atom stereocenters. The summed E-state index contributed by atoms with van der Waals surface area (Å²) in [5.41, 5.74) is 6.22. The largest absolute Gasteiger partial charge is 0.483 e. The summed E-state index contributed by atoms with van der Waals surface area (Å²) in [7, 11) is 0. The average molecular weight is 372 g/mol. The summed E-state index contributed by atoms with van der Waals surface area (Å²) in [4.78, 5) is 2.38. The van der Waals surface area contributed by atoms with Crippen LogP contribution in [0.25, 0.3) is 0 Å². The molecule has 1 aromatic carbocycles. The molecule has 0 fully saturated rings. The molecule has 0 amide bonds. The van der Waals surface area contributed by atoms with E-state index in [0.717, 1.165) is 21.5 Å². The van der Waals surface area contributed by atoms with Gasteiger partial charge >= 0.3 is 0 Å². The maximum absolute atomic E-state index is 6.22. The van der Waals surface area contributed by atoms with Gasteiger partial charge in [0.25, 0.3) is 0 Å². The normalized spacial score (nSPS) is 14.0. The number of benzene rings is 1. The monoisotopic (exact) mass is 371 g/mol. The van der Waals surface area contributed by atoms with Crippen molar-refractivity contribution in [3.8, 4) is 5.75 Å². The Bertz CT molecular complexity index is 541. The fourth-order valence-electron chi connectivity index (χ4n) is 1.85. The van der Waals surface area contributed by atoms with E-state index in [9.17, 15) is 0 Å². The van der Waals surface area contributed by atoms with Gasteiger partial charge in [0.1, 0.15) is 11.9 Å². The summed E-state index contributed by atoms with van der Waals surface area (Å²) in [6, 6.07) is 10.2. The summed E-state index contributed by atoms with van der Waals surface area (Å²) in [5.74, 6) is 0.862. The summed E-state index contributed by atoms with van der Waals surface area (Å²) < 4.78 is 7.20. The predicted molar refractivity (Wildman–Crippen MR) is 91.9 cm³/mol. The molecule has 2 nitrogen and oxygen atoms in total. The number of rotatable bonds is 6.